The Kier molecular flexibility index (Phi) is 6.49. The monoisotopic (exact) mass is 447 g/mol. The van der Waals surface area contributed by atoms with E-state index in [1.165, 1.54) is 6.33 Å². The van der Waals surface area contributed by atoms with Crippen LogP contribution in [0.5, 0.6) is 0 Å². The Labute approximate surface area is 191 Å². The minimum absolute atomic E-state index is 0.0570. The van der Waals surface area contributed by atoms with Gasteiger partial charge in [0.1, 0.15) is 12.1 Å². The first-order valence-electron chi connectivity index (χ1n) is 10.9. The van der Waals surface area contributed by atoms with Crippen LogP contribution in [-0.4, -0.2) is 69.1 Å². The van der Waals surface area contributed by atoms with Crippen LogP contribution in [-0.2, 0) is 16.0 Å². The minimum Gasteiger partial charge on any atom is -0.466 e. The van der Waals surface area contributed by atoms with Gasteiger partial charge in [-0.2, -0.15) is 19.9 Å². The first-order valence-corrected chi connectivity index (χ1v) is 10.9. The molecule has 0 radical (unpaired) electrons. The van der Waals surface area contributed by atoms with Gasteiger partial charge in [-0.25, -0.2) is 4.98 Å². The molecule has 0 bridgehead atoms. The molecule has 1 aliphatic rings. The molecule has 0 atom stereocenters. The fourth-order valence-electron chi connectivity index (χ4n) is 4.04. The Bertz CT molecular complexity index is 1210. The molecule has 10 nitrogen and oxygen atoms in total. The molecule has 0 saturated carbocycles. The van der Waals surface area contributed by atoms with Crippen LogP contribution in [0.2, 0.25) is 0 Å². The molecular formula is C23H25N7O3. The SMILES string of the molecule is CCOC(=O)CCc1c(C)nc2ncnn2c1N1CCN(C(=O)c2ccc(C#N)cc2)CC1. The number of aromatic nitrogens is 4. The third-order valence-electron chi connectivity index (χ3n) is 5.72. The van der Waals surface area contributed by atoms with Gasteiger partial charge >= 0.3 is 5.97 Å². The topological polar surface area (TPSA) is 117 Å². The zero-order chi connectivity index (χ0) is 23.4. The molecule has 1 fully saturated rings. The number of amides is 1. The lowest BCUT2D eigenvalue weighted by molar-refractivity contribution is -0.143. The first-order chi connectivity index (χ1) is 16.0. The molecule has 3 heterocycles. The second kappa shape index (κ2) is 9.65. The zero-order valence-corrected chi connectivity index (χ0v) is 18.7. The molecular weight excluding hydrogens is 422 g/mol. The highest BCUT2D eigenvalue weighted by Gasteiger charge is 2.27. The molecule has 0 unspecified atom stereocenters. The average molecular weight is 447 g/mol. The van der Waals surface area contributed by atoms with Crippen LogP contribution in [0.15, 0.2) is 30.6 Å². The van der Waals surface area contributed by atoms with Gasteiger partial charge < -0.3 is 14.5 Å². The van der Waals surface area contributed by atoms with E-state index in [1.807, 2.05) is 11.8 Å². The Balaban J connectivity index is 1.54. The van der Waals surface area contributed by atoms with Crippen LogP contribution in [0.4, 0.5) is 5.82 Å². The number of anilines is 1. The van der Waals surface area contributed by atoms with Crippen LogP contribution in [0, 0.1) is 18.3 Å². The summed E-state index contributed by atoms with van der Waals surface area (Å²) in [5.74, 6) is 1.04. The van der Waals surface area contributed by atoms with Crippen molar-refractivity contribution in [3.63, 3.8) is 0 Å². The fourth-order valence-corrected chi connectivity index (χ4v) is 4.04. The lowest BCUT2D eigenvalue weighted by Gasteiger charge is -2.37. The van der Waals surface area contributed by atoms with Crippen molar-refractivity contribution in [1.29, 1.82) is 5.26 Å². The predicted octanol–water partition coefficient (Wildman–Crippen LogP) is 1.76. The average Bonchev–Trinajstić information content (AvgIpc) is 3.30. The number of nitriles is 1. The fraction of sp³-hybridized carbons (Fsp3) is 0.391. The maximum atomic E-state index is 12.9. The molecule has 2 aromatic heterocycles. The largest absolute Gasteiger partial charge is 0.466 e. The van der Waals surface area contributed by atoms with Crippen LogP contribution >= 0.6 is 0 Å². The number of ether oxygens (including phenoxy) is 1. The molecule has 3 aromatic rings. The smallest absolute Gasteiger partial charge is 0.306 e. The van der Waals surface area contributed by atoms with E-state index in [2.05, 4.69) is 26.0 Å². The van der Waals surface area contributed by atoms with Gasteiger partial charge in [0, 0.05) is 49.4 Å². The van der Waals surface area contributed by atoms with E-state index in [1.54, 1.807) is 35.7 Å². The van der Waals surface area contributed by atoms with Gasteiger partial charge in [0.05, 0.1) is 18.2 Å². The highest BCUT2D eigenvalue weighted by molar-refractivity contribution is 5.94. The molecule has 1 aliphatic heterocycles. The van der Waals surface area contributed by atoms with E-state index >= 15 is 0 Å². The summed E-state index contributed by atoms with van der Waals surface area (Å²) in [5, 5.41) is 13.3. The Morgan fingerprint density at radius 3 is 2.55 bits per heavy atom. The van der Waals surface area contributed by atoms with Crippen LogP contribution in [0.3, 0.4) is 0 Å². The van der Waals surface area contributed by atoms with Crippen molar-refractivity contribution in [2.24, 2.45) is 0 Å². The Morgan fingerprint density at radius 1 is 1.15 bits per heavy atom. The highest BCUT2D eigenvalue weighted by atomic mass is 16.5. The van der Waals surface area contributed by atoms with Crippen molar-refractivity contribution in [2.75, 3.05) is 37.7 Å². The van der Waals surface area contributed by atoms with Crippen molar-refractivity contribution in [3.05, 3.63) is 53.0 Å². The number of nitrogens with zero attached hydrogens (tertiary/aromatic N) is 7. The Morgan fingerprint density at radius 2 is 1.88 bits per heavy atom. The number of hydrogen-bond acceptors (Lipinski definition) is 8. The molecule has 10 heteroatoms. The summed E-state index contributed by atoms with van der Waals surface area (Å²) in [6.45, 7) is 6.32. The first kappa shape index (κ1) is 22.2. The number of rotatable bonds is 6. The predicted molar refractivity (Wildman–Crippen MR) is 120 cm³/mol. The summed E-state index contributed by atoms with van der Waals surface area (Å²) in [5.41, 5.74) is 2.81. The van der Waals surface area contributed by atoms with Crippen molar-refractivity contribution >= 4 is 23.5 Å². The molecule has 0 aliphatic carbocycles. The van der Waals surface area contributed by atoms with E-state index in [0.29, 0.717) is 56.1 Å². The normalized spacial score (nSPS) is 13.7. The van der Waals surface area contributed by atoms with Crippen molar-refractivity contribution in [2.45, 2.75) is 26.7 Å². The molecule has 1 amide bonds. The number of carbonyl (C=O) groups is 2. The summed E-state index contributed by atoms with van der Waals surface area (Å²) < 4.78 is 6.79. The van der Waals surface area contributed by atoms with E-state index in [-0.39, 0.29) is 18.3 Å². The maximum Gasteiger partial charge on any atom is 0.306 e. The zero-order valence-electron chi connectivity index (χ0n) is 18.7. The van der Waals surface area contributed by atoms with Crippen molar-refractivity contribution in [3.8, 4) is 6.07 Å². The van der Waals surface area contributed by atoms with E-state index < -0.39 is 0 Å². The van der Waals surface area contributed by atoms with Gasteiger partial charge in [-0.05, 0) is 44.5 Å². The number of fused-ring (bicyclic) bond motifs is 1. The summed E-state index contributed by atoms with van der Waals surface area (Å²) in [6.07, 6.45) is 2.19. The Hall–Kier alpha value is -4.00. The van der Waals surface area contributed by atoms with Crippen molar-refractivity contribution in [1.82, 2.24) is 24.5 Å². The van der Waals surface area contributed by atoms with Gasteiger partial charge in [-0.3, -0.25) is 9.59 Å². The standard InChI is InChI=1S/C23H25N7O3/c1-3-33-20(31)9-8-19-16(2)27-23-25-15-26-30(23)21(19)28-10-12-29(13-11-28)22(32)18-6-4-17(14-24)5-7-18/h4-7,15H,3,8-13H2,1-2H3. The van der Waals surface area contributed by atoms with E-state index in [4.69, 9.17) is 10.00 Å². The number of benzene rings is 1. The second-order valence-electron chi connectivity index (χ2n) is 7.74. The van der Waals surface area contributed by atoms with Gasteiger partial charge in [0.2, 0.25) is 0 Å². The van der Waals surface area contributed by atoms with Gasteiger partial charge in [0.25, 0.3) is 11.7 Å². The lowest BCUT2D eigenvalue weighted by atomic mass is 10.1. The van der Waals surface area contributed by atoms with Crippen molar-refractivity contribution < 1.29 is 14.3 Å². The summed E-state index contributed by atoms with van der Waals surface area (Å²) in [4.78, 5) is 37.6. The van der Waals surface area contributed by atoms with Crippen LogP contribution < -0.4 is 4.90 Å². The van der Waals surface area contributed by atoms with E-state index in [0.717, 1.165) is 17.1 Å². The number of aryl methyl sites for hydroxylation is 1. The van der Waals surface area contributed by atoms with Crippen LogP contribution in [0.25, 0.3) is 5.78 Å². The summed E-state index contributed by atoms with van der Waals surface area (Å²) in [7, 11) is 0. The number of carbonyl (C=O) groups excluding carboxylic acids is 2. The highest BCUT2D eigenvalue weighted by Crippen LogP contribution is 2.26. The van der Waals surface area contributed by atoms with Gasteiger partial charge in [-0.1, -0.05) is 0 Å². The second-order valence-corrected chi connectivity index (χ2v) is 7.74. The third kappa shape index (κ3) is 4.62. The molecule has 170 valence electrons. The quantitative estimate of drug-likeness (QED) is 0.525. The number of esters is 1. The molecule has 1 aromatic carbocycles. The molecule has 1 saturated heterocycles. The summed E-state index contributed by atoms with van der Waals surface area (Å²) >= 11 is 0. The lowest BCUT2D eigenvalue weighted by Crippen LogP contribution is -2.49. The third-order valence-corrected chi connectivity index (χ3v) is 5.72. The summed E-state index contributed by atoms with van der Waals surface area (Å²) in [6, 6.07) is 8.74. The maximum absolute atomic E-state index is 12.9. The molecule has 33 heavy (non-hydrogen) atoms. The molecule has 0 spiro atoms. The minimum atomic E-state index is -0.251. The van der Waals surface area contributed by atoms with Crippen LogP contribution in [0.1, 0.15) is 40.5 Å². The number of hydrogen-bond donors (Lipinski definition) is 0. The molecule has 0 N–H and O–H groups in total. The van der Waals surface area contributed by atoms with E-state index in [9.17, 15) is 9.59 Å². The number of piperazine rings is 1. The van der Waals surface area contributed by atoms with Gasteiger partial charge in [0.15, 0.2) is 0 Å². The molecule has 4 rings (SSSR count). The van der Waals surface area contributed by atoms with Gasteiger partial charge in [-0.15, -0.1) is 0 Å².